The summed E-state index contributed by atoms with van der Waals surface area (Å²) in [5.41, 5.74) is 1.13. The van der Waals surface area contributed by atoms with Gasteiger partial charge in [-0.3, -0.25) is 4.18 Å². The minimum absolute atomic E-state index is 0.0533. The number of hydrogen-bond donors (Lipinski definition) is 0. The average molecular weight is 329 g/mol. The van der Waals surface area contributed by atoms with Crippen LogP contribution in [0.1, 0.15) is 64.4 Å². The fourth-order valence-electron chi connectivity index (χ4n) is 2.24. The van der Waals surface area contributed by atoms with Gasteiger partial charge in [-0.2, -0.15) is 0 Å². The highest BCUT2D eigenvalue weighted by Crippen LogP contribution is 2.18. The predicted molar refractivity (Wildman–Crippen MR) is 93.5 cm³/mol. The third-order valence-electron chi connectivity index (χ3n) is 3.56. The van der Waals surface area contributed by atoms with E-state index >= 15 is 0 Å². The van der Waals surface area contributed by atoms with Gasteiger partial charge in [0.15, 0.2) is 8.77 Å². The number of hydrogen-bond acceptors (Lipinski definition) is 3. The Balaban J connectivity index is 2.36. The van der Waals surface area contributed by atoms with Crippen molar-refractivity contribution in [1.29, 1.82) is 0 Å². The van der Waals surface area contributed by atoms with Crippen LogP contribution in [0.3, 0.4) is 0 Å². The van der Waals surface area contributed by atoms with Gasteiger partial charge in [0, 0.05) is 11.2 Å². The zero-order valence-corrected chi connectivity index (χ0v) is 15.1. The Kier molecular flexibility index (Phi) is 8.45. The Morgan fingerprint density at radius 1 is 1.10 bits per heavy atom. The Morgan fingerprint density at radius 2 is 1.67 bits per heavy atom. The lowest BCUT2D eigenvalue weighted by Gasteiger charge is -2.15. The van der Waals surface area contributed by atoms with Crippen LogP contribution in [0, 0.1) is 6.92 Å². The first kappa shape index (κ1) is 18.6. The predicted octanol–water partition coefficient (Wildman–Crippen LogP) is 5.17. The molecule has 0 radical (unpaired) electrons. The van der Waals surface area contributed by atoms with E-state index in [1.54, 1.807) is 0 Å². The lowest BCUT2D eigenvalue weighted by molar-refractivity contribution is 0.229. The smallest absolute Gasteiger partial charge is 0.173 e. The lowest BCUT2D eigenvalue weighted by atomic mass is 10.1. The van der Waals surface area contributed by atoms with Gasteiger partial charge in [-0.05, 0) is 32.4 Å². The molecule has 1 rings (SSSR count). The van der Waals surface area contributed by atoms with Gasteiger partial charge < -0.3 is 0 Å². The lowest BCUT2D eigenvalue weighted by Crippen LogP contribution is -2.14. The van der Waals surface area contributed by atoms with E-state index in [-0.39, 0.29) is 6.10 Å². The quantitative estimate of drug-likeness (QED) is 0.554. The SMILES string of the molecule is CCCCCCCC[C@H](C)OS(=O)(=S)c1ccc(C)cc1. The maximum atomic E-state index is 12.5. The summed E-state index contributed by atoms with van der Waals surface area (Å²) in [6.45, 7) is 6.18. The highest BCUT2D eigenvalue weighted by molar-refractivity contribution is 8.30. The first-order valence-corrected chi connectivity index (χ1v) is 10.4. The van der Waals surface area contributed by atoms with Crippen molar-refractivity contribution < 1.29 is 8.39 Å². The van der Waals surface area contributed by atoms with E-state index in [1.165, 1.54) is 32.1 Å². The summed E-state index contributed by atoms with van der Waals surface area (Å²) in [6, 6.07) is 7.45. The minimum atomic E-state index is -2.79. The van der Waals surface area contributed by atoms with Crippen molar-refractivity contribution in [3.8, 4) is 0 Å². The number of rotatable bonds is 10. The van der Waals surface area contributed by atoms with Gasteiger partial charge in [-0.1, -0.05) is 63.1 Å². The Bertz CT molecular complexity index is 492. The van der Waals surface area contributed by atoms with Gasteiger partial charge in [-0.25, -0.2) is 4.21 Å². The average Bonchev–Trinajstić information content (AvgIpc) is 2.42. The van der Waals surface area contributed by atoms with E-state index < -0.39 is 8.77 Å². The molecule has 0 aliphatic heterocycles. The molecule has 4 heteroatoms. The van der Waals surface area contributed by atoms with Crippen molar-refractivity contribution in [2.45, 2.75) is 76.7 Å². The van der Waals surface area contributed by atoms with Crippen molar-refractivity contribution in [3.63, 3.8) is 0 Å². The molecular formula is C17H28O2S2. The highest BCUT2D eigenvalue weighted by atomic mass is 32.8. The molecule has 0 N–H and O–H groups in total. The fourth-order valence-corrected chi connectivity index (χ4v) is 4.08. The van der Waals surface area contributed by atoms with E-state index in [0.717, 1.165) is 18.4 Å². The van der Waals surface area contributed by atoms with Crippen molar-refractivity contribution in [3.05, 3.63) is 29.8 Å². The van der Waals surface area contributed by atoms with Gasteiger partial charge in [0.05, 0.1) is 11.0 Å². The number of unbranched alkanes of at least 4 members (excludes halogenated alkanes) is 5. The first-order chi connectivity index (χ1) is 9.95. The third-order valence-corrected chi connectivity index (χ3v) is 5.81. The molecule has 0 aliphatic rings. The molecule has 120 valence electrons. The standard InChI is InChI=1S/C17H28O2S2/c1-4-5-6-7-8-9-10-16(3)19-21(18,20)17-13-11-15(2)12-14-17/h11-14,16H,4-10H2,1-3H3/t16-,21?/m0/s1. The van der Waals surface area contributed by atoms with E-state index in [9.17, 15) is 4.21 Å². The van der Waals surface area contributed by atoms with E-state index in [0.29, 0.717) is 4.90 Å². The van der Waals surface area contributed by atoms with Gasteiger partial charge in [0.2, 0.25) is 0 Å². The molecule has 21 heavy (non-hydrogen) atoms. The van der Waals surface area contributed by atoms with E-state index in [1.807, 2.05) is 38.1 Å². The summed E-state index contributed by atoms with van der Waals surface area (Å²) in [5.74, 6) is 0. The van der Waals surface area contributed by atoms with Crippen LogP contribution < -0.4 is 0 Å². The highest BCUT2D eigenvalue weighted by Gasteiger charge is 2.15. The van der Waals surface area contributed by atoms with Crippen LogP contribution in [0.5, 0.6) is 0 Å². The summed E-state index contributed by atoms with van der Waals surface area (Å²) in [4.78, 5) is 0.609. The normalized spacial score (nSPS) is 15.6. The van der Waals surface area contributed by atoms with Crippen molar-refractivity contribution in [1.82, 2.24) is 0 Å². The van der Waals surface area contributed by atoms with Crippen LogP contribution in [0.25, 0.3) is 0 Å². The number of benzene rings is 1. The Hall–Kier alpha value is -0.450. The molecule has 0 spiro atoms. The topological polar surface area (TPSA) is 26.3 Å². The van der Waals surface area contributed by atoms with Crippen molar-refractivity contribution in [2.75, 3.05) is 0 Å². The van der Waals surface area contributed by atoms with Gasteiger partial charge in [-0.15, -0.1) is 0 Å². The molecule has 0 bridgehead atoms. The second-order valence-electron chi connectivity index (χ2n) is 5.73. The molecule has 0 saturated carbocycles. The molecule has 1 unspecified atom stereocenters. The van der Waals surface area contributed by atoms with Crippen LogP contribution in [-0.2, 0) is 24.1 Å². The molecule has 0 amide bonds. The second kappa shape index (κ2) is 9.54. The fraction of sp³-hybridized carbons (Fsp3) is 0.647. The van der Waals surface area contributed by atoms with Gasteiger partial charge in [0.1, 0.15) is 0 Å². The van der Waals surface area contributed by atoms with Gasteiger partial charge >= 0.3 is 0 Å². The molecule has 0 fully saturated rings. The molecular weight excluding hydrogens is 300 g/mol. The minimum Gasteiger partial charge on any atom is -0.283 e. The maximum Gasteiger partial charge on any atom is 0.173 e. The molecule has 2 nitrogen and oxygen atoms in total. The third kappa shape index (κ3) is 7.39. The zero-order chi connectivity index (χ0) is 15.7. The van der Waals surface area contributed by atoms with Crippen LogP contribution in [0.2, 0.25) is 0 Å². The van der Waals surface area contributed by atoms with Crippen LogP contribution in [0.15, 0.2) is 29.2 Å². The van der Waals surface area contributed by atoms with E-state index in [2.05, 4.69) is 6.92 Å². The molecule has 2 atom stereocenters. The van der Waals surface area contributed by atoms with Crippen molar-refractivity contribution in [2.24, 2.45) is 0 Å². The maximum absolute atomic E-state index is 12.5. The molecule has 0 aliphatic carbocycles. The monoisotopic (exact) mass is 328 g/mol. The van der Waals surface area contributed by atoms with E-state index in [4.69, 9.17) is 15.4 Å². The van der Waals surface area contributed by atoms with Crippen LogP contribution >= 0.6 is 0 Å². The molecule has 0 saturated heterocycles. The summed E-state index contributed by atoms with van der Waals surface area (Å²) < 4.78 is 18.1. The summed E-state index contributed by atoms with van der Waals surface area (Å²) in [6.07, 6.45) is 8.39. The molecule has 1 aromatic rings. The second-order valence-corrected chi connectivity index (χ2v) is 8.62. The van der Waals surface area contributed by atoms with Gasteiger partial charge in [0.25, 0.3) is 0 Å². The summed E-state index contributed by atoms with van der Waals surface area (Å²) >= 11 is 5.17. The summed E-state index contributed by atoms with van der Waals surface area (Å²) in [7, 11) is -2.79. The zero-order valence-electron chi connectivity index (χ0n) is 13.5. The Labute approximate surface area is 135 Å². The first-order valence-electron chi connectivity index (χ1n) is 7.95. The Morgan fingerprint density at radius 3 is 2.29 bits per heavy atom. The molecule has 0 aromatic heterocycles. The number of aryl methyl sites for hydroxylation is 1. The van der Waals surface area contributed by atoms with Crippen LogP contribution in [0.4, 0.5) is 0 Å². The molecule has 0 heterocycles. The molecule has 1 aromatic carbocycles. The van der Waals surface area contributed by atoms with Crippen molar-refractivity contribution >= 4 is 20.0 Å². The largest absolute Gasteiger partial charge is 0.283 e. The summed E-state index contributed by atoms with van der Waals surface area (Å²) in [5, 5.41) is 0. The van der Waals surface area contributed by atoms with Crippen LogP contribution in [-0.4, -0.2) is 10.3 Å².